The number of phenolic OH excluding ortho intramolecular Hbond substituents is 1. The number of aromatic hydroxyl groups is 1. The summed E-state index contributed by atoms with van der Waals surface area (Å²) in [5.74, 6) is -0.660. The first-order chi connectivity index (χ1) is 11.9. The fraction of sp³-hybridized carbons (Fsp3) is 0.353. The van der Waals surface area contributed by atoms with Crippen molar-refractivity contribution < 1.29 is 20.1 Å². The van der Waals surface area contributed by atoms with Gasteiger partial charge in [-0.1, -0.05) is 12.1 Å². The average Bonchev–Trinajstić information content (AvgIpc) is 2.56. The van der Waals surface area contributed by atoms with E-state index in [9.17, 15) is 15.0 Å². The van der Waals surface area contributed by atoms with E-state index in [2.05, 4.69) is 10.2 Å². The largest absolute Gasteiger partial charge is 0.507 e. The molecule has 0 spiro atoms. The van der Waals surface area contributed by atoms with Crippen molar-refractivity contribution in [2.45, 2.75) is 24.9 Å². The van der Waals surface area contributed by atoms with Gasteiger partial charge >= 0.3 is 5.97 Å². The van der Waals surface area contributed by atoms with Crippen LogP contribution >= 0.6 is 0 Å². The SMILES string of the molecule is Nc1nnc(-c2ccccc2O)cc1N1CCC(O)(CC(=O)O)CC1. The number of piperidine rings is 1. The number of benzene rings is 1. The Morgan fingerprint density at radius 1 is 1.24 bits per heavy atom. The Labute approximate surface area is 144 Å². The molecule has 1 aliphatic heterocycles. The van der Waals surface area contributed by atoms with Crippen molar-refractivity contribution in [3.63, 3.8) is 0 Å². The Balaban J connectivity index is 1.83. The van der Waals surface area contributed by atoms with Gasteiger partial charge in [0.2, 0.25) is 0 Å². The molecule has 1 aliphatic rings. The van der Waals surface area contributed by atoms with Gasteiger partial charge in [0.05, 0.1) is 23.4 Å². The molecule has 8 nitrogen and oxygen atoms in total. The van der Waals surface area contributed by atoms with Gasteiger partial charge in [-0.3, -0.25) is 4.79 Å². The molecule has 0 bridgehead atoms. The topological polar surface area (TPSA) is 133 Å². The molecule has 25 heavy (non-hydrogen) atoms. The lowest BCUT2D eigenvalue weighted by Gasteiger charge is -2.38. The molecule has 3 rings (SSSR count). The highest BCUT2D eigenvalue weighted by Gasteiger charge is 2.35. The lowest BCUT2D eigenvalue weighted by atomic mass is 9.88. The molecule has 1 saturated heterocycles. The maximum Gasteiger partial charge on any atom is 0.306 e. The number of aromatic nitrogens is 2. The van der Waals surface area contributed by atoms with E-state index in [0.717, 1.165) is 0 Å². The van der Waals surface area contributed by atoms with Gasteiger partial charge < -0.3 is 26.0 Å². The Morgan fingerprint density at radius 2 is 1.92 bits per heavy atom. The molecule has 1 aromatic carbocycles. The van der Waals surface area contributed by atoms with Crippen molar-refractivity contribution in [1.29, 1.82) is 0 Å². The van der Waals surface area contributed by atoms with Gasteiger partial charge in [-0.05, 0) is 31.0 Å². The third kappa shape index (κ3) is 3.63. The summed E-state index contributed by atoms with van der Waals surface area (Å²) in [4.78, 5) is 12.8. The number of anilines is 2. The van der Waals surface area contributed by atoms with Gasteiger partial charge in [0.1, 0.15) is 5.75 Å². The Hall–Kier alpha value is -2.87. The minimum atomic E-state index is -1.20. The van der Waals surface area contributed by atoms with Crippen LogP contribution in [0.5, 0.6) is 5.75 Å². The number of nitrogens with zero attached hydrogens (tertiary/aromatic N) is 3. The molecule has 2 heterocycles. The van der Waals surface area contributed by atoms with Gasteiger partial charge in [0.15, 0.2) is 5.82 Å². The van der Waals surface area contributed by atoms with E-state index in [4.69, 9.17) is 10.8 Å². The van der Waals surface area contributed by atoms with E-state index in [1.165, 1.54) is 0 Å². The van der Waals surface area contributed by atoms with Crippen LogP contribution in [0.15, 0.2) is 30.3 Å². The molecular weight excluding hydrogens is 324 g/mol. The highest BCUT2D eigenvalue weighted by molar-refractivity contribution is 5.74. The maximum atomic E-state index is 10.9. The fourth-order valence-electron chi connectivity index (χ4n) is 3.09. The van der Waals surface area contributed by atoms with Crippen LogP contribution < -0.4 is 10.6 Å². The maximum absolute atomic E-state index is 10.9. The van der Waals surface area contributed by atoms with Crippen molar-refractivity contribution in [3.05, 3.63) is 30.3 Å². The van der Waals surface area contributed by atoms with Crippen LogP contribution in [0.1, 0.15) is 19.3 Å². The number of carbonyl (C=O) groups is 1. The molecule has 132 valence electrons. The predicted octanol–water partition coefficient (Wildman–Crippen LogP) is 1.24. The van der Waals surface area contributed by atoms with E-state index in [1.54, 1.807) is 30.3 Å². The molecular formula is C17H20N4O4. The minimum absolute atomic E-state index is 0.0991. The Kier molecular flexibility index (Phi) is 4.45. The van der Waals surface area contributed by atoms with E-state index in [1.807, 2.05) is 4.90 Å². The van der Waals surface area contributed by atoms with Gasteiger partial charge in [-0.15, -0.1) is 10.2 Å². The number of aliphatic hydroxyl groups is 1. The van der Waals surface area contributed by atoms with Gasteiger partial charge in [-0.2, -0.15) is 0 Å². The number of carboxylic acid groups (broad SMARTS) is 1. The summed E-state index contributed by atoms with van der Waals surface area (Å²) in [6.45, 7) is 0.916. The zero-order chi connectivity index (χ0) is 18.0. The number of aliphatic carboxylic acids is 1. The Morgan fingerprint density at radius 3 is 2.56 bits per heavy atom. The number of hydrogen-bond donors (Lipinski definition) is 4. The van der Waals surface area contributed by atoms with E-state index in [-0.39, 0.29) is 18.0 Å². The molecule has 0 saturated carbocycles. The van der Waals surface area contributed by atoms with Gasteiger partial charge in [0, 0.05) is 18.7 Å². The van der Waals surface area contributed by atoms with Crippen LogP contribution in [0.3, 0.4) is 0 Å². The molecule has 2 aromatic rings. The van der Waals surface area contributed by atoms with Crippen molar-refractivity contribution in [3.8, 4) is 17.0 Å². The van der Waals surface area contributed by atoms with Gasteiger partial charge in [0.25, 0.3) is 0 Å². The molecule has 0 atom stereocenters. The summed E-state index contributed by atoms with van der Waals surface area (Å²) in [6.07, 6.45) is 0.383. The number of hydrogen-bond acceptors (Lipinski definition) is 7. The van der Waals surface area contributed by atoms with Crippen LogP contribution in [-0.2, 0) is 4.79 Å². The summed E-state index contributed by atoms with van der Waals surface area (Å²) in [5, 5.41) is 37.3. The summed E-state index contributed by atoms with van der Waals surface area (Å²) in [5.41, 5.74) is 6.46. The quantitative estimate of drug-likeness (QED) is 0.651. The molecule has 0 radical (unpaired) electrons. The number of phenols is 1. The predicted molar refractivity (Wildman–Crippen MR) is 92.2 cm³/mol. The number of para-hydroxylation sites is 1. The second-order valence-corrected chi connectivity index (χ2v) is 6.30. The number of carboxylic acids is 1. The highest BCUT2D eigenvalue weighted by atomic mass is 16.4. The first-order valence-corrected chi connectivity index (χ1v) is 7.99. The van der Waals surface area contributed by atoms with Crippen LogP contribution in [0.2, 0.25) is 0 Å². The van der Waals surface area contributed by atoms with E-state index >= 15 is 0 Å². The van der Waals surface area contributed by atoms with E-state index in [0.29, 0.717) is 42.9 Å². The lowest BCUT2D eigenvalue weighted by Crippen LogP contribution is -2.45. The fourth-order valence-corrected chi connectivity index (χ4v) is 3.09. The molecule has 5 N–H and O–H groups in total. The normalized spacial score (nSPS) is 16.6. The molecule has 1 aromatic heterocycles. The third-order valence-corrected chi connectivity index (χ3v) is 4.50. The van der Waals surface area contributed by atoms with Crippen LogP contribution in [0, 0.1) is 0 Å². The highest BCUT2D eigenvalue weighted by Crippen LogP contribution is 2.34. The number of nitrogens with two attached hydrogens (primary N) is 1. The lowest BCUT2D eigenvalue weighted by molar-refractivity contribution is -0.143. The average molecular weight is 344 g/mol. The summed E-state index contributed by atoms with van der Waals surface area (Å²) in [7, 11) is 0. The second kappa shape index (κ2) is 6.56. The molecule has 0 amide bonds. The molecule has 1 fully saturated rings. The molecule has 0 unspecified atom stereocenters. The van der Waals surface area contributed by atoms with Crippen LogP contribution in [0.25, 0.3) is 11.3 Å². The minimum Gasteiger partial charge on any atom is -0.507 e. The van der Waals surface area contributed by atoms with Crippen molar-refractivity contribution >= 4 is 17.5 Å². The van der Waals surface area contributed by atoms with Crippen molar-refractivity contribution in [1.82, 2.24) is 10.2 Å². The monoisotopic (exact) mass is 344 g/mol. The van der Waals surface area contributed by atoms with Crippen molar-refractivity contribution in [2.75, 3.05) is 23.7 Å². The van der Waals surface area contributed by atoms with Crippen molar-refractivity contribution in [2.24, 2.45) is 0 Å². The third-order valence-electron chi connectivity index (χ3n) is 4.50. The Bertz CT molecular complexity index is 788. The number of nitrogen functional groups attached to an aromatic ring is 1. The standard InChI is InChI=1S/C17H20N4O4/c18-16-13(21-7-5-17(25,6-8-21)10-15(23)24)9-12(19-20-16)11-3-1-2-4-14(11)22/h1-4,9,22,25H,5-8,10H2,(H2,18,20)(H,23,24). The molecule has 8 heteroatoms. The first kappa shape index (κ1) is 17.0. The van der Waals surface area contributed by atoms with E-state index < -0.39 is 11.6 Å². The second-order valence-electron chi connectivity index (χ2n) is 6.30. The van der Waals surface area contributed by atoms with Crippen LogP contribution in [0.4, 0.5) is 11.5 Å². The summed E-state index contributed by atoms with van der Waals surface area (Å²) >= 11 is 0. The van der Waals surface area contributed by atoms with Crippen LogP contribution in [-0.4, -0.2) is 50.2 Å². The first-order valence-electron chi connectivity index (χ1n) is 7.99. The zero-order valence-electron chi connectivity index (χ0n) is 13.6. The smallest absolute Gasteiger partial charge is 0.306 e. The van der Waals surface area contributed by atoms with Gasteiger partial charge in [-0.25, -0.2) is 0 Å². The molecule has 0 aliphatic carbocycles. The summed E-state index contributed by atoms with van der Waals surface area (Å²) < 4.78 is 0. The number of rotatable bonds is 4. The zero-order valence-corrected chi connectivity index (χ0v) is 13.6. The summed E-state index contributed by atoms with van der Waals surface area (Å²) in [6, 6.07) is 8.57.